The number of carbonyl (C=O) groups excluding carboxylic acids is 1. The van der Waals surface area contributed by atoms with Crippen LogP contribution in [0.4, 0.5) is 10.3 Å². The van der Waals surface area contributed by atoms with Crippen molar-refractivity contribution in [3.05, 3.63) is 107 Å². The summed E-state index contributed by atoms with van der Waals surface area (Å²) in [5.41, 5.74) is 3.64. The van der Waals surface area contributed by atoms with Gasteiger partial charge in [0, 0.05) is 17.9 Å². The summed E-state index contributed by atoms with van der Waals surface area (Å²) in [5.74, 6) is 1.37. The van der Waals surface area contributed by atoms with Gasteiger partial charge >= 0.3 is 5.97 Å². The number of esters is 1. The molecule has 2 aliphatic rings. The molecule has 8 nitrogen and oxygen atoms in total. The van der Waals surface area contributed by atoms with Crippen molar-refractivity contribution in [2.24, 2.45) is 0 Å². The van der Waals surface area contributed by atoms with Crippen LogP contribution in [0.3, 0.4) is 0 Å². The van der Waals surface area contributed by atoms with Crippen molar-refractivity contribution in [2.45, 2.75) is 68.5 Å². The van der Waals surface area contributed by atoms with Crippen LogP contribution in [0.15, 0.2) is 89.2 Å². The number of carbonyl (C=O) groups is 1. The summed E-state index contributed by atoms with van der Waals surface area (Å²) in [6, 6.07) is 21.9. The highest BCUT2D eigenvalue weighted by Crippen LogP contribution is 2.40. The zero-order valence-electron chi connectivity index (χ0n) is 25.5. The molecule has 4 aromatic rings. The van der Waals surface area contributed by atoms with E-state index in [9.17, 15) is 9.18 Å². The second kappa shape index (κ2) is 14.2. The van der Waals surface area contributed by atoms with E-state index in [1.807, 2.05) is 49.4 Å². The number of thioether (sulfide) groups is 1. The molecule has 3 aromatic carbocycles. The lowest BCUT2D eigenvalue weighted by Crippen LogP contribution is -2.32. The lowest BCUT2D eigenvalue weighted by Gasteiger charge is -2.30. The Hall–Kier alpha value is -4.31. The zero-order valence-corrected chi connectivity index (χ0v) is 26.3. The Labute approximate surface area is 267 Å². The van der Waals surface area contributed by atoms with Gasteiger partial charge in [0.05, 0.1) is 19.3 Å². The molecule has 0 radical (unpaired) electrons. The number of anilines is 1. The molecule has 234 valence electrons. The van der Waals surface area contributed by atoms with Crippen molar-refractivity contribution >= 4 is 23.7 Å². The van der Waals surface area contributed by atoms with Gasteiger partial charge in [-0.2, -0.15) is 4.98 Å². The number of allylic oxidation sites excluding steroid dienone is 1. The van der Waals surface area contributed by atoms with E-state index in [-0.39, 0.29) is 17.9 Å². The van der Waals surface area contributed by atoms with E-state index in [0.29, 0.717) is 51.8 Å². The van der Waals surface area contributed by atoms with Gasteiger partial charge in [-0.3, -0.25) is 0 Å². The number of rotatable bonds is 11. The van der Waals surface area contributed by atoms with E-state index < -0.39 is 6.04 Å². The SMILES string of the molecule is COc1cc(C2C(C(=O)OC3CCCCC3)=C(C)Nc3nc(SCc4ccccc4F)nn32)ccc1OCCc1ccccc1. The van der Waals surface area contributed by atoms with Gasteiger partial charge in [0.1, 0.15) is 18.0 Å². The van der Waals surface area contributed by atoms with Gasteiger partial charge in [0.25, 0.3) is 0 Å². The molecule has 1 aliphatic carbocycles. The van der Waals surface area contributed by atoms with Gasteiger partial charge in [-0.05, 0) is 67.5 Å². The molecule has 1 N–H and O–H groups in total. The largest absolute Gasteiger partial charge is 0.493 e. The van der Waals surface area contributed by atoms with E-state index in [0.717, 1.165) is 44.1 Å². The normalized spacial score (nSPS) is 16.6. The summed E-state index contributed by atoms with van der Waals surface area (Å²) in [6.07, 6.45) is 5.65. The number of aromatic nitrogens is 3. The van der Waals surface area contributed by atoms with Gasteiger partial charge in [-0.15, -0.1) is 5.10 Å². The monoisotopic (exact) mass is 628 g/mol. The summed E-state index contributed by atoms with van der Waals surface area (Å²) in [6.45, 7) is 2.34. The van der Waals surface area contributed by atoms with Gasteiger partial charge < -0.3 is 19.5 Å². The number of nitrogens with one attached hydrogen (secondary N) is 1. The first-order chi connectivity index (χ1) is 22.0. The minimum absolute atomic E-state index is 0.105. The molecular weight excluding hydrogens is 591 g/mol. The number of ether oxygens (including phenoxy) is 3. The smallest absolute Gasteiger partial charge is 0.338 e. The van der Waals surface area contributed by atoms with Crippen LogP contribution in [0.1, 0.15) is 61.8 Å². The molecule has 0 saturated heterocycles. The molecule has 1 atom stereocenters. The molecule has 1 aliphatic heterocycles. The molecule has 1 aromatic heterocycles. The highest BCUT2D eigenvalue weighted by molar-refractivity contribution is 7.98. The lowest BCUT2D eigenvalue weighted by molar-refractivity contribution is -0.146. The zero-order chi connectivity index (χ0) is 31.2. The van der Waals surface area contributed by atoms with E-state index in [1.54, 1.807) is 23.9 Å². The van der Waals surface area contributed by atoms with E-state index >= 15 is 0 Å². The van der Waals surface area contributed by atoms with Gasteiger partial charge in [-0.1, -0.05) is 72.8 Å². The molecule has 1 saturated carbocycles. The van der Waals surface area contributed by atoms with Crippen LogP contribution in [0, 0.1) is 5.82 Å². The van der Waals surface area contributed by atoms with Crippen molar-refractivity contribution in [3.63, 3.8) is 0 Å². The molecule has 1 unspecified atom stereocenters. The predicted molar refractivity (Wildman–Crippen MR) is 172 cm³/mol. The van der Waals surface area contributed by atoms with Crippen molar-refractivity contribution in [3.8, 4) is 11.5 Å². The Morgan fingerprint density at radius 2 is 1.80 bits per heavy atom. The number of methoxy groups -OCH3 is 1. The lowest BCUT2D eigenvalue weighted by atomic mass is 9.94. The van der Waals surface area contributed by atoms with Crippen LogP contribution in [0.5, 0.6) is 11.5 Å². The predicted octanol–water partition coefficient (Wildman–Crippen LogP) is 7.50. The molecule has 2 heterocycles. The minimum Gasteiger partial charge on any atom is -0.493 e. The average Bonchev–Trinajstić information content (AvgIpc) is 3.47. The first-order valence-corrected chi connectivity index (χ1v) is 16.3. The Morgan fingerprint density at radius 1 is 1.02 bits per heavy atom. The molecule has 45 heavy (non-hydrogen) atoms. The molecule has 10 heteroatoms. The highest BCUT2D eigenvalue weighted by Gasteiger charge is 2.37. The molecule has 0 bridgehead atoms. The fraction of sp³-hybridized carbons (Fsp3) is 0.343. The van der Waals surface area contributed by atoms with Gasteiger partial charge in [0.2, 0.25) is 11.1 Å². The molecule has 0 amide bonds. The Bertz CT molecular complexity index is 1670. The van der Waals surface area contributed by atoms with Crippen molar-refractivity contribution in [2.75, 3.05) is 19.0 Å². The number of hydrogen-bond donors (Lipinski definition) is 1. The quantitative estimate of drug-likeness (QED) is 0.135. The topological polar surface area (TPSA) is 87.5 Å². The number of hydrogen-bond acceptors (Lipinski definition) is 8. The molecule has 6 rings (SSSR count). The van der Waals surface area contributed by atoms with Gasteiger partial charge in [0.15, 0.2) is 11.5 Å². The third-order valence-electron chi connectivity index (χ3n) is 8.19. The highest BCUT2D eigenvalue weighted by atomic mass is 32.2. The second-order valence-electron chi connectivity index (χ2n) is 11.3. The number of halogens is 1. The van der Waals surface area contributed by atoms with Crippen LogP contribution in [-0.4, -0.2) is 40.6 Å². The number of nitrogens with zero attached hydrogens (tertiary/aromatic N) is 3. The van der Waals surface area contributed by atoms with Crippen LogP contribution >= 0.6 is 11.8 Å². The van der Waals surface area contributed by atoms with Crippen molar-refractivity contribution in [1.82, 2.24) is 14.8 Å². The maximum atomic E-state index is 14.3. The first-order valence-electron chi connectivity index (χ1n) is 15.4. The first kappa shape index (κ1) is 30.7. The summed E-state index contributed by atoms with van der Waals surface area (Å²) >= 11 is 1.33. The van der Waals surface area contributed by atoms with Crippen LogP contribution in [-0.2, 0) is 21.7 Å². The fourth-order valence-electron chi connectivity index (χ4n) is 5.82. The summed E-state index contributed by atoms with van der Waals surface area (Å²) in [5, 5.41) is 8.53. The van der Waals surface area contributed by atoms with Crippen molar-refractivity contribution in [1.29, 1.82) is 0 Å². The minimum atomic E-state index is -0.625. The van der Waals surface area contributed by atoms with E-state index in [1.165, 1.54) is 23.4 Å². The van der Waals surface area contributed by atoms with Gasteiger partial charge in [-0.25, -0.2) is 13.9 Å². The fourth-order valence-corrected chi connectivity index (χ4v) is 6.63. The summed E-state index contributed by atoms with van der Waals surface area (Å²) in [7, 11) is 1.60. The maximum Gasteiger partial charge on any atom is 0.338 e. The molecule has 1 fully saturated rings. The third-order valence-corrected chi connectivity index (χ3v) is 9.07. The maximum absolute atomic E-state index is 14.3. The Balaban J connectivity index is 1.29. The summed E-state index contributed by atoms with van der Waals surface area (Å²) < 4.78 is 34.0. The Kier molecular flexibility index (Phi) is 9.69. The third kappa shape index (κ3) is 7.17. The van der Waals surface area contributed by atoms with Crippen molar-refractivity contribution < 1.29 is 23.4 Å². The average molecular weight is 629 g/mol. The van der Waals surface area contributed by atoms with E-state index in [2.05, 4.69) is 17.4 Å². The van der Waals surface area contributed by atoms with Crippen LogP contribution in [0.2, 0.25) is 0 Å². The molecule has 0 spiro atoms. The van der Waals surface area contributed by atoms with Crippen LogP contribution in [0.25, 0.3) is 0 Å². The number of fused-ring (bicyclic) bond motifs is 1. The van der Waals surface area contributed by atoms with Crippen LogP contribution < -0.4 is 14.8 Å². The number of benzene rings is 3. The standard InChI is InChI=1S/C35H37FN4O4S/c1-23-31(33(41)44-27-14-7-4-8-15-27)32(40-34(37-23)38-35(39-40)45-22-26-13-9-10-16-28(26)36)25-17-18-29(30(21-25)42-2)43-20-19-24-11-5-3-6-12-24/h3,5-6,9-13,16-18,21,27,32H,4,7-8,14-15,19-20,22H2,1-2H3,(H,37,38,39). The molecular formula is C35H37FN4O4S. The van der Waals surface area contributed by atoms with E-state index in [4.69, 9.17) is 24.3 Å². The Morgan fingerprint density at radius 3 is 2.58 bits per heavy atom. The second-order valence-corrected chi connectivity index (χ2v) is 12.2. The summed E-state index contributed by atoms with van der Waals surface area (Å²) in [4.78, 5) is 18.5.